The molecular formula is C26H29F3N2O4S2. The number of nitrogens with zero attached hydrogens (tertiary/aromatic N) is 2. The molecule has 0 radical (unpaired) electrons. The highest BCUT2D eigenvalue weighted by molar-refractivity contribution is 7.89. The number of methoxy groups -OCH3 is 1. The second-order valence-corrected chi connectivity index (χ2v) is 11.4. The first-order valence-electron chi connectivity index (χ1n) is 11.5. The third-order valence-corrected chi connectivity index (χ3v) is 8.59. The third-order valence-electron chi connectivity index (χ3n) is 5.74. The van der Waals surface area contributed by atoms with Gasteiger partial charge in [0.2, 0.25) is 15.9 Å². The van der Waals surface area contributed by atoms with Gasteiger partial charge in [-0.15, -0.1) is 11.3 Å². The molecule has 1 amide bonds. The Balaban J connectivity index is 1.91. The highest BCUT2D eigenvalue weighted by atomic mass is 32.2. The topological polar surface area (TPSA) is 66.9 Å². The standard InChI is InChI=1S/C26H29F3N2O4S2/c1-20-12-15-36-24(20)18-30(17-21-8-4-3-5-9-21)25(32)19-31(13-7-14-35-2)37(33,34)23-11-6-10-22(16-23)26(27,28)29/h3-6,8-12,15-16H,7,13-14,17-19H2,1-2H3. The molecule has 200 valence electrons. The molecule has 0 fully saturated rings. The maximum Gasteiger partial charge on any atom is 0.416 e. The van der Waals surface area contributed by atoms with Crippen molar-refractivity contribution in [1.82, 2.24) is 9.21 Å². The molecule has 0 spiro atoms. The molecule has 0 bridgehead atoms. The zero-order chi connectivity index (χ0) is 27.1. The van der Waals surface area contributed by atoms with Crippen LogP contribution in [0.2, 0.25) is 0 Å². The third kappa shape index (κ3) is 7.88. The van der Waals surface area contributed by atoms with Crippen LogP contribution in [0.25, 0.3) is 0 Å². The lowest BCUT2D eigenvalue weighted by molar-refractivity contribution is -0.137. The highest BCUT2D eigenvalue weighted by Crippen LogP contribution is 2.31. The van der Waals surface area contributed by atoms with Gasteiger partial charge in [-0.05, 0) is 54.1 Å². The van der Waals surface area contributed by atoms with Crippen LogP contribution in [0.15, 0.2) is 70.9 Å². The molecule has 37 heavy (non-hydrogen) atoms. The van der Waals surface area contributed by atoms with Crippen molar-refractivity contribution in [3.8, 4) is 0 Å². The van der Waals surface area contributed by atoms with Crippen molar-refractivity contribution in [3.63, 3.8) is 0 Å². The maximum atomic E-state index is 13.5. The van der Waals surface area contributed by atoms with E-state index >= 15 is 0 Å². The van der Waals surface area contributed by atoms with E-state index in [2.05, 4.69) is 0 Å². The molecule has 0 N–H and O–H groups in total. The van der Waals surface area contributed by atoms with Crippen molar-refractivity contribution in [2.75, 3.05) is 26.8 Å². The lowest BCUT2D eigenvalue weighted by Crippen LogP contribution is -2.43. The van der Waals surface area contributed by atoms with Gasteiger partial charge < -0.3 is 9.64 Å². The van der Waals surface area contributed by atoms with Gasteiger partial charge in [0.1, 0.15) is 0 Å². The van der Waals surface area contributed by atoms with Crippen LogP contribution in [0.3, 0.4) is 0 Å². The summed E-state index contributed by atoms with van der Waals surface area (Å²) in [7, 11) is -2.94. The Kier molecular flexibility index (Phi) is 9.88. The second-order valence-electron chi connectivity index (χ2n) is 8.47. The molecule has 1 aromatic heterocycles. The molecule has 3 rings (SSSR count). The monoisotopic (exact) mass is 554 g/mol. The summed E-state index contributed by atoms with van der Waals surface area (Å²) in [5.74, 6) is -0.454. The minimum atomic E-state index is -4.70. The Labute approximate surface area is 219 Å². The first-order valence-corrected chi connectivity index (χ1v) is 13.9. The Morgan fingerprint density at radius 3 is 2.38 bits per heavy atom. The van der Waals surface area contributed by atoms with Gasteiger partial charge >= 0.3 is 6.18 Å². The summed E-state index contributed by atoms with van der Waals surface area (Å²) in [6.45, 7) is 2.10. The normalized spacial score (nSPS) is 12.2. The molecule has 3 aromatic rings. The van der Waals surface area contributed by atoms with Crippen LogP contribution < -0.4 is 0 Å². The summed E-state index contributed by atoms with van der Waals surface area (Å²) in [6.07, 6.45) is -4.43. The summed E-state index contributed by atoms with van der Waals surface area (Å²) in [5.41, 5.74) is 0.816. The largest absolute Gasteiger partial charge is 0.416 e. The van der Waals surface area contributed by atoms with Crippen molar-refractivity contribution in [1.29, 1.82) is 0 Å². The highest BCUT2D eigenvalue weighted by Gasteiger charge is 2.34. The Morgan fingerprint density at radius 1 is 1.03 bits per heavy atom. The summed E-state index contributed by atoms with van der Waals surface area (Å²) in [6, 6.07) is 14.8. The Morgan fingerprint density at radius 2 is 1.76 bits per heavy atom. The van der Waals surface area contributed by atoms with Gasteiger partial charge in [-0.1, -0.05) is 36.4 Å². The van der Waals surface area contributed by atoms with Crippen molar-refractivity contribution >= 4 is 27.3 Å². The van der Waals surface area contributed by atoms with Gasteiger partial charge in [-0.25, -0.2) is 8.42 Å². The van der Waals surface area contributed by atoms with Crippen molar-refractivity contribution in [3.05, 3.63) is 87.6 Å². The van der Waals surface area contributed by atoms with E-state index < -0.39 is 39.1 Å². The number of benzene rings is 2. The zero-order valence-electron chi connectivity index (χ0n) is 20.6. The first kappa shape index (κ1) is 28.8. The Bertz CT molecular complexity index is 1280. The number of thiophene rings is 1. The van der Waals surface area contributed by atoms with E-state index in [0.717, 1.165) is 38.5 Å². The van der Waals surface area contributed by atoms with Crippen LogP contribution >= 0.6 is 11.3 Å². The van der Waals surface area contributed by atoms with Crippen LogP contribution in [-0.4, -0.2) is 50.3 Å². The van der Waals surface area contributed by atoms with E-state index in [9.17, 15) is 26.4 Å². The van der Waals surface area contributed by atoms with Crippen molar-refractivity contribution in [2.45, 2.75) is 37.5 Å². The minimum Gasteiger partial charge on any atom is -0.385 e. The smallest absolute Gasteiger partial charge is 0.385 e. The molecular weight excluding hydrogens is 525 g/mol. The van der Waals surface area contributed by atoms with E-state index in [1.807, 2.05) is 48.7 Å². The number of aryl methyl sites for hydroxylation is 1. The quantitative estimate of drug-likeness (QED) is 0.284. The SMILES string of the molecule is COCCCN(CC(=O)N(Cc1ccccc1)Cc1sccc1C)S(=O)(=O)c1cccc(C(F)(F)F)c1. The fraction of sp³-hybridized carbons (Fsp3) is 0.346. The predicted octanol–water partition coefficient (Wildman–Crippen LogP) is 5.33. The molecule has 0 aliphatic rings. The van der Waals surface area contributed by atoms with Gasteiger partial charge in [-0.2, -0.15) is 17.5 Å². The fourth-order valence-corrected chi connectivity index (χ4v) is 6.07. The molecule has 0 saturated heterocycles. The molecule has 0 saturated carbocycles. The second kappa shape index (κ2) is 12.7. The molecule has 11 heteroatoms. The van der Waals surface area contributed by atoms with E-state index in [4.69, 9.17) is 4.74 Å². The van der Waals surface area contributed by atoms with Crippen LogP contribution in [-0.2, 0) is 38.8 Å². The van der Waals surface area contributed by atoms with Gasteiger partial charge in [0.05, 0.1) is 23.5 Å². The molecule has 0 unspecified atom stereocenters. The number of amides is 1. The van der Waals surface area contributed by atoms with E-state index in [0.29, 0.717) is 6.07 Å². The number of ether oxygens (including phenoxy) is 1. The van der Waals surface area contributed by atoms with Crippen LogP contribution in [0.5, 0.6) is 0 Å². The number of alkyl halides is 3. The van der Waals surface area contributed by atoms with Crippen LogP contribution in [0.1, 0.15) is 28.0 Å². The number of rotatable bonds is 12. The van der Waals surface area contributed by atoms with E-state index in [-0.39, 0.29) is 32.7 Å². The number of sulfonamides is 1. The molecule has 0 atom stereocenters. The molecule has 0 aliphatic carbocycles. The van der Waals surface area contributed by atoms with E-state index in [1.165, 1.54) is 18.4 Å². The van der Waals surface area contributed by atoms with Crippen molar-refractivity contribution in [2.24, 2.45) is 0 Å². The lowest BCUT2D eigenvalue weighted by atomic mass is 10.2. The summed E-state index contributed by atoms with van der Waals surface area (Å²) in [4.78, 5) is 15.6. The van der Waals surface area contributed by atoms with Crippen molar-refractivity contribution < 1.29 is 31.1 Å². The van der Waals surface area contributed by atoms with Crippen LogP contribution in [0, 0.1) is 6.92 Å². The molecule has 6 nitrogen and oxygen atoms in total. The number of halogens is 3. The van der Waals surface area contributed by atoms with Gasteiger partial charge in [0, 0.05) is 31.7 Å². The summed E-state index contributed by atoms with van der Waals surface area (Å²) >= 11 is 1.50. The number of carbonyl (C=O) groups excluding carboxylic acids is 1. The maximum absolute atomic E-state index is 13.5. The first-order chi connectivity index (χ1) is 17.5. The van der Waals surface area contributed by atoms with Crippen LogP contribution in [0.4, 0.5) is 13.2 Å². The average molecular weight is 555 g/mol. The van der Waals surface area contributed by atoms with Gasteiger partial charge in [0.15, 0.2) is 0 Å². The molecule has 1 heterocycles. The predicted molar refractivity (Wildman–Crippen MR) is 136 cm³/mol. The Hall–Kier alpha value is -2.73. The van der Waals surface area contributed by atoms with Gasteiger partial charge in [0.25, 0.3) is 0 Å². The lowest BCUT2D eigenvalue weighted by Gasteiger charge is -2.27. The number of hydrogen-bond acceptors (Lipinski definition) is 5. The van der Waals surface area contributed by atoms with E-state index in [1.54, 1.807) is 4.90 Å². The number of hydrogen-bond donors (Lipinski definition) is 0. The average Bonchev–Trinajstić information content (AvgIpc) is 3.27. The summed E-state index contributed by atoms with van der Waals surface area (Å²) < 4.78 is 72.6. The fourth-order valence-electron chi connectivity index (χ4n) is 3.68. The number of carbonyl (C=O) groups is 1. The molecule has 0 aliphatic heterocycles. The molecule has 2 aromatic carbocycles. The zero-order valence-corrected chi connectivity index (χ0v) is 22.2. The summed E-state index contributed by atoms with van der Waals surface area (Å²) in [5, 5.41) is 1.92. The minimum absolute atomic E-state index is 0.0879. The van der Waals surface area contributed by atoms with Gasteiger partial charge in [-0.3, -0.25) is 4.79 Å².